The summed E-state index contributed by atoms with van der Waals surface area (Å²) in [5.41, 5.74) is 0. The minimum atomic E-state index is -0.606. The first-order valence-electron chi connectivity index (χ1n) is 5.18. The summed E-state index contributed by atoms with van der Waals surface area (Å²) >= 11 is 11.4. The van der Waals surface area contributed by atoms with Gasteiger partial charge in [-0.05, 0) is 18.2 Å². The highest BCUT2D eigenvalue weighted by molar-refractivity contribution is 6.30. The van der Waals surface area contributed by atoms with Crippen molar-refractivity contribution in [3.05, 3.63) is 40.9 Å². The van der Waals surface area contributed by atoms with Gasteiger partial charge in [0, 0.05) is 23.1 Å². The molecule has 0 radical (unpaired) electrons. The summed E-state index contributed by atoms with van der Waals surface area (Å²) in [7, 11) is 0. The number of hydrogen-bond donors (Lipinski definition) is 2. The van der Waals surface area contributed by atoms with Crippen molar-refractivity contribution in [2.24, 2.45) is 0 Å². The van der Waals surface area contributed by atoms with Crippen molar-refractivity contribution in [3.63, 3.8) is 0 Å². The fourth-order valence-electron chi connectivity index (χ4n) is 1.18. The van der Waals surface area contributed by atoms with Crippen LogP contribution in [0.5, 0.6) is 5.75 Å². The maximum absolute atomic E-state index is 9.60. The zero-order valence-corrected chi connectivity index (χ0v) is 10.8. The van der Waals surface area contributed by atoms with Crippen LogP contribution in [0.4, 0.5) is 0 Å². The largest absolute Gasteiger partial charge is 0.491 e. The first-order chi connectivity index (χ1) is 8.08. The van der Waals surface area contributed by atoms with Gasteiger partial charge in [-0.15, -0.1) is 0 Å². The van der Waals surface area contributed by atoms with Gasteiger partial charge in [0.2, 0.25) is 0 Å². The van der Waals surface area contributed by atoms with Crippen LogP contribution in [0.2, 0.25) is 5.02 Å². The first-order valence-corrected chi connectivity index (χ1v) is 5.94. The van der Waals surface area contributed by atoms with E-state index in [4.69, 9.17) is 27.9 Å². The van der Waals surface area contributed by atoms with Crippen molar-refractivity contribution in [1.29, 1.82) is 0 Å². The van der Waals surface area contributed by atoms with Gasteiger partial charge in [0.05, 0.1) is 0 Å². The number of hydrogen-bond acceptors (Lipinski definition) is 3. The van der Waals surface area contributed by atoms with Crippen LogP contribution >= 0.6 is 23.2 Å². The molecule has 1 aromatic rings. The van der Waals surface area contributed by atoms with Crippen LogP contribution in [0.1, 0.15) is 0 Å². The lowest BCUT2D eigenvalue weighted by Gasteiger charge is -2.13. The number of aliphatic hydroxyl groups is 1. The molecule has 0 saturated heterocycles. The van der Waals surface area contributed by atoms with Gasteiger partial charge in [-0.1, -0.05) is 35.8 Å². The molecule has 0 spiro atoms. The van der Waals surface area contributed by atoms with Crippen molar-refractivity contribution in [2.75, 3.05) is 19.7 Å². The molecule has 0 aromatic heterocycles. The van der Waals surface area contributed by atoms with E-state index in [2.05, 4.69) is 11.9 Å². The van der Waals surface area contributed by atoms with E-state index in [0.29, 0.717) is 28.9 Å². The maximum atomic E-state index is 9.60. The van der Waals surface area contributed by atoms with Crippen LogP contribution in [-0.4, -0.2) is 30.9 Å². The Balaban J connectivity index is 2.23. The Labute approximate surface area is 111 Å². The van der Waals surface area contributed by atoms with E-state index in [1.807, 2.05) is 0 Å². The average Bonchev–Trinajstić information content (AvgIpc) is 2.26. The summed E-state index contributed by atoms with van der Waals surface area (Å²) in [6.45, 7) is 4.59. The predicted octanol–water partition coefficient (Wildman–Crippen LogP) is 2.42. The number of aliphatic hydroxyl groups excluding tert-OH is 1. The summed E-state index contributed by atoms with van der Waals surface area (Å²) in [6, 6.07) is 7.03. The van der Waals surface area contributed by atoms with Crippen molar-refractivity contribution < 1.29 is 9.84 Å². The lowest BCUT2D eigenvalue weighted by Crippen LogP contribution is -2.32. The quantitative estimate of drug-likeness (QED) is 0.803. The molecular weight excluding hydrogens is 261 g/mol. The van der Waals surface area contributed by atoms with Crippen LogP contribution < -0.4 is 10.1 Å². The number of benzene rings is 1. The molecule has 2 N–H and O–H groups in total. The lowest BCUT2D eigenvalue weighted by atomic mass is 10.3. The molecule has 0 aliphatic heterocycles. The van der Waals surface area contributed by atoms with Crippen LogP contribution in [0.3, 0.4) is 0 Å². The highest BCUT2D eigenvalue weighted by Crippen LogP contribution is 2.17. The number of halogens is 2. The molecule has 1 rings (SSSR count). The van der Waals surface area contributed by atoms with Gasteiger partial charge in [-0.2, -0.15) is 0 Å². The van der Waals surface area contributed by atoms with E-state index < -0.39 is 6.10 Å². The Morgan fingerprint density at radius 2 is 2.29 bits per heavy atom. The van der Waals surface area contributed by atoms with Crippen molar-refractivity contribution >= 4 is 23.2 Å². The third kappa shape index (κ3) is 6.54. The molecule has 1 aromatic carbocycles. The molecule has 94 valence electrons. The standard InChI is InChI=1S/C12H15Cl2NO2/c1-9(13)6-15-7-11(16)8-17-12-4-2-3-10(14)5-12/h2-5,11,15-16H,1,6-8H2. The molecule has 0 aliphatic rings. The summed E-state index contributed by atoms with van der Waals surface area (Å²) in [4.78, 5) is 0. The first kappa shape index (κ1) is 14.3. The van der Waals surface area contributed by atoms with Gasteiger partial charge in [0.25, 0.3) is 0 Å². The maximum Gasteiger partial charge on any atom is 0.120 e. The fraction of sp³-hybridized carbons (Fsp3) is 0.333. The second kappa shape index (κ2) is 7.56. The summed E-state index contributed by atoms with van der Waals surface area (Å²) < 4.78 is 5.38. The van der Waals surface area contributed by atoms with E-state index in [9.17, 15) is 5.11 Å². The topological polar surface area (TPSA) is 41.5 Å². The highest BCUT2D eigenvalue weighted by Gasteiger charge is 2.05. The van der Waals surface area contributed by atoms with Crippen molar-refractivity contribution in [2.45, 2.75) is 6.10 Å². The lowest BCUT2D eigenvalue weighted by molar-refractivity contribution is 0.107. The van der Waals surface area contributed by atoms with E-state index in [1.165, 1.54) is 0 Å². The minimum absolute atomic E-state index is 0.197. The second-order valence-electron chi connectivity index (χ2n) is 3.57. The van der Waals surface area contributed by atoms with Crippen LogP contribution in [0.15, 0.2) is 35.9 Å². The smallest absolute Gasteiger partial charge is 0.120 e. The van der Waals surface area contributed by atoms with Crippen LogP contribution in [-0.2, 0) is 0 Å². The monoisotopic (exact) mass is 275 g/mol. The van der Waals surface area contributed by atoms with Gasteiger partial charge in [-0.3, -0.25) is 0 Å². The highest BCUT2D eigenvalue weighted by atomic mass is 35.5. The van der Waals surface area contributed by atoms with Crippen molar-refractivity contribution in [1.82, 2.24) is 5.32 Å². The number of nitrogens with one attached hydrogen (secondary N) is 1. The second-order valence-corrected chi connectivity index (χ2v) is 4.54. The SMILES string of the molecule is C=C(Cl)CNCC(O)COc1cccc(Cl)c1. The normalized spacial score (nSPS) is 12.2. The molecule has 1 unspecified atom stereocenters. The summed E-state index contributed by atoms with van der Waals surface area (Å²) in [6.07, 6.45) is -0.606. The molecule has 5 heteroatoms. The van der Waals surface area contributed by atoms with Crippen molar-refractivity contribution in [3.8, 4) is 5.75 Å². The summed E-state index contributed by atoms with van der Waals surface area (Å²) in [5.74, 6) is 0.637. The van der Waals surface area contributed by atoms with Crippen LogP contribution in [0, 0.1) is 0 Å². The Morgan fingerprint density at radius 1 is 1.53 bits per heavy atom. The molecule has 0 aliphatic carbocycles. The molecule has 0 heterocycles. The summed E-state index contributed by atoms with van der Waals surface area (Å²) in [5, 5.41) is 13.7. The van der Waals surface area contributed by atoms with Gasteiger partial charge >= 0.3 is 0 Å². The molecule has 0 amide bonds. The van der Waals surface area contributed by atoms with Gasteiger partial charge < -0.3 is 15.2 Å². The van der Waals surface area contributed by atoms with E-state index in [0.717, 1.165) is 0 Å². The molecule has 0 bridgehead atoms. The molecule has 1 atom stereocenters. The van der Waals surface area contributed by atoms with Crippen LogP contribution in [0.25, 0.3) is 0 Å². The molecule has 0 fully saturated rings. The van der Waals surface area contributed by atoms with E-state index in [1.54, 1.807) is 24.3 Å². The minimum Gasteiger partial charge on any atom is -0.491 e. The molecule has 3 nitrogen and oxygen atoms in total. The zero-order valence-electron chi connectivity index (χ0n) is 9.33. The van der Waals surface area contributed by atoms with E-state index >= 15 is 0 Å². The molecule has 17 heavy (non-hydrogen) atoms. The zero-order chi connectivity index (χ0) is 12.7. The van der Waals surface area contributed by atoms with Gasteiger partial charge in [0.15, 0.2) is 0 Å². The predicted molar refractivity (Wildman–Crippen MR) is 70.8 cm³/mol. The number of ether oxygens (including phenoxy) is 1. The van der Waals surface area contributed by atoms with E-state index in [-0.39, 0.29) is 6.61 Å². The third-order valence-electron chi connectivity index (χ3n) is 1.94. The Bertz CT molecular complexity index is 371. The Hall–Kier alpha value is -0.740. The fourth-order valence-corrected chi connectivity index (χ4v) is 1.46. The number of rotatable bonds is 7. The molecule has 0 saturated carbocycles. The average molecular weight is 276 g/mol. The Morgan fingerprint density at radius 3 is 2.94 bits per heavy atom. The van der Waals surface area contributed by atoms with Gasteiger partial charge in [-0.25, -0.2) is 0 Å². The molecular formula is C12H15Cl2NO2. The Kier molecular flexibility index (Phi) is 6.37. The third-order valence-corrected chi connectivity index (χ3v) is 2.30. The van der Waals surface area contributed by atoms with Gasteiger partial charge in [0.1, 0.15) is 18.5 Å².